The van der Waals surface area contributed by atoms with Gasteiger partial charge in [0.25, 0.3) is 0 Å². The van der Waals surface area contributed by atoms with Crippen molar-refractivity contribution in [2.24, 2.45) is 4.99 Å². The predicted octanol–water partition coefficient (Wildman–Crippen LogP) is 2.92. The summed E-state index contributed by atoms with van der Waals surface area (Å²) in [6.07, 6.45) is 0. The fourth-order valence-electron chi connectivity index (χ4n) is 1.72. The van der Waals surface area contributed by atoms with Gasteiger partial charge < -0.3 is 14.5 Å². The lowest BCUT2D eigenvalue weighted by molar-refractivity contribution is -0.0504. The Morgan fingerprint density at radius 3 is 2.35 bits per heavy atom. The zero-order valence-corrected chi connectivity index (χ0v) is 12.7. The third-order valence-corrected chi connectivity index (χ3v) is 2.66. The standard InChI is InChI=1S/C13H18ClF2N3O/c1-18(2)13(19(3)4)17-8-9-7-10(14)5-6-11(9)20-12(15)16/h5-7,12H,8H2,1-4H3. The molecule has 1 rings (SSSR count). The van der Waals surface area contributed by atoms with E-state index in [-0.39, 0.29) is 12.3 Å². The highest BCUT2D eigenvalue weighted by atomic mass is 35.5. The zero-order valence-electron chi connectivity index (χ0n) is 11.9. The Labute approximate surface area is 122 Å². The van der Waals surface area contributed by atoms with Crippen LogP contribution in [-0.4, -0.2) is 50.6 Å². The summed E-state index contributed by atoms with van der Waals surface area (Å²) in [6, 6.07) is 4.50. The fourth-order valence-corrected chi connectivity index (χ4v) is 1.92. The number of rotatable bonds is 4. The van der Waals surface area contributed by atoms with Crippen LogP contribution in [0.3, 0.4) is 0 Å². The van der Waals surface area contributed by atoms with Crippen molar-refractivity contribution in [2.75, 3.05) is 28.2 Å². The van der Waals surface area contributed by atoms with Crippen LogP contribution in [0.1, 0.15) is 5.56 Å². The first-order valence-corrected chi connectivity index (χ1v) is 6.31. The lowest BCUT2D eigenvalue weighted by Crippen LogP contribution is -2.35. The van der Waals surface area contributed by atoms with Gasteiger partial charge >= 0.3 is 6.61 Å². The first kappa shape index (κ1) is 16.5. The molecule has 1 aromatic rings. The third-order valence-electron chi connectivity index (χ3n) is 2.43. The van der Waals surface area contributed by atoms with Crippen LogP contribution in [0.15, 0.2) is 23.2 Å². The smallest absolute Gasteiger partial charge is 0.387 e. The maximum Gasteiger partial charge on any atom is 0.387 e. The summed E-state index contributed by atoms with van der Waals surface area (Å²) >= 11 is 5.88. The molecule has 0 aliphatic rings. The molecule has 0 radical (unpaired) electrons. The second-order valence-electron chi connectivity index (χ2n) is 4.54. The van der Waals surface area contributed by atoms with Crippen molar-refractivity contribution >= 4 is 17.6 Å². The van der Waals surface area contributed by atoms with Gasteiger partial charge in [-0.1, -0.05) is 11.6 Å². The molecule has 0 heterocycles. The van der Waals surface area contributed by atoms with Crippen molar-refractivity contribution in [1.29, 1.82) is 0 Å². The first-order chi connectivity index (χ1) is 9.31. The van der Waals surface area contributed by atoms with Gasteiger partial charge in [0, 0.05) is 38.8 Å². The van der Waals surface area contributed by atoms with Crippen LogP contribution in [0.5, 0.6) is 5.75 Å². The Morgan fingerprint density at radius 1 is 1.25 bits per heavy atom. The monoisotopic (exact) mass is 305 g/mol. The highest BCUT2D eigenvalue weighted by Gasteiger charge is 2.11. The molecule has 0 N–H and O–H groups in total. The van der Waals surface area contributed by atoms with E-state index in [0.717, 1.165) is 0 Å². The summed E-state index contributed by atoms with van der Waals surface area (Å²) in [6.45, 7) is -2.67. The van der Waals surface area contributed by atoms with Crippen LogP contribution in [-0.2, 0) is 6.54 Å². The highest BCUT2D eigenvalue weighted by Crippen LogP contribution is 2.25. The number of alkyl halides is 2. The number of guanidine groups is 1. The van der Waals surface area contributed by atoms with Gasteiger partial charge in [-0.25, -0.2) is 4.99 Å². The van der Waals surface area contributed by atoms with Gasteiger partial charge in [0.2, 0.25) is 0 Å². The van der Waals surface area contributed by atoms with E-state index in [1.807, 2.05) is 38.0 Å². The molecule has 1 aromatic carbocycles. The van der Waals surface area contributed by atoms with Crippen molar-refractivity contribution in [1.82, 2.24) is 9.80 Å². The van der Waals surface area contributed by atoms with Crippen LogP contribution in [0.4, 0.5) is 8.78 Å². The number of hydrogen-bond donors (Lipinski definition) is 0. The number of hydrogen-bond acceptors (Lipinski definition) is 2. The van der Waals surface area contributed by atoms with Gasteiger partial charge in [0.1, 0.15) is 5.75 Å². The number of ether oxygens (including phenoxy) is 1. The molecule has 112 valence electrons. The van der Waals surface area contributed by atoms with E-state index in [2.05, 4.69) is 9.73 Å². The first-order valence-electron chi connectivity index (χ1n) is 5.93. The molecule has 0 saturated heterocycles. The molecule has 20 heavy (non-hydrogen) atoms. The molecule has 0 unspecified atom stereocenters. The van der Waals surface area contributed by atoms with Gasteiger partial charge in [-0.2, -0.15) is 8.78 Å². The molecule has 0 aromatic heterocycles. The molecule has 0 amide bonds. The van der Waals surface area contributed by atoms with E-state index in [1.54, 1.807) is 6.07 Å². The second kappa shape index (κ2) is 7.28. The van der Waals surface area contributed by atoms with E-state index >= 15 is 0 Å². The van der Waals surface area contributed by atoms with E-state index in [0.29, 0.717) is 16.5 Å². The van der Waals surface area contributed by atoms with Crippen LogP contribution in [0.25, 0.3) is 0 Å². The lowest BCUT2D eigenvalue weighted by atomic mass is 10.2. The largest absolute Gasteiger partial charge is 0.434 e. The summed E-state index contributed by atoms with van der Waals surface area (Å²) in [4.78, 5) is 8.05. The van der Waals surface area contributed by atoms with Crippen LogP contribution in [0, 0.1) is 0 Å². The maximum absolute atomic E-state index is 12.3. The van der Waals surface area contributed by atoms with Crippen molar-refractivity contribution < 1.29 is 13.5 Å². The van der Waals surface area contributed by atoms with E-state index < -0.39 is 6.61 Å². The molecule has 0 saturated carbocycles. The van der Waals surface area contributed by atoms with Gasteiger partial charge in [0.05, 0.1) is 6.54 Å². The summed E-state index contributed by atoms with van der Waals surface area (Å²) in [5.74, 6) is 0.804. The molecular formula is C13H18ClF2N3O. The third kappa shape index (κ3) is 4.85. The van der Waals surface area contributed by atoms with Crippen molar-refractivity contribution in [3.63, 3.8) is 0 Å². The fraction of sp³-hybridized carbons (Fsp3) is 0.462. The molecule has 4 nitrogen and oxygen atoms in total. The molecule has 0 spiro atoms. The minimum absolute atomic E-state index is 0.0880. The van der Waals surface area contributed by atoms with Crippen molar-refractivity contribution in [3.05, 3.63) is 28.8 Å². The number of halogens is 3. The molecule has 0 atom stereocenters. The van der Waals surface area contributed by atoms with Crippen LogP contribution in [0.2, 0.25) is 5.02 Å². The predicted molar refractivity (Wildman–Crippen MR) is 76.6 cm³/mol. The summed E-state index contributed by atoms with van der Waals surface area (Å²) in [5.41, 5.74) is 0.513. The average molecular weight is 306 g/mol. The summed E-state index contributed by atoms with van der Waals surface area (Å²) in [5, 5.41) is 0.452. The average Bonchev–Trinajstić information content (AvgIpc) is 2.31. The van der Waals surface area contributed by atoms with Crippen LogP contribution >= 0.6 is 11.6 Å². The maximum atomic E-state index is 12.3. The van der Waals surface area contributed by atoms with Gasteiger partial charge in [-0.05, 0) is 18.2 Å². The molecule has 0 bridgehead atoms. The molecule has 7 heteroatoms. The quantitative estimate of drug-likeness (QED) is 0.632. The van der Waals surface area contributed by atoms with Gasteiger partial charge in [-0.15, -0.1) is 0 Å². The molecular weight excluding hydrogens is 288 g/mol. The molecule has 0 aliphatic heterocycles. The summed E-state index contributed by atoms with van der Waals surface area (Å²) in [7, 11) is 7.42. The lowest BCUT2D eigenvalue weighted by Gasteiger charge is -2.22. The van der Waals surface area contributed by atoms with Crippen molar-refractivity contribution in [2.45, 2.75) is 13.2 Å². The minimum atomic E-state index is -2.87. The highest BCUT2D eigenvalue weighted by molar-refractivity contribution is 6.30. The molecule has 0 fully saturated rings. The minimum Gasteiger partial charge on any atom is -0.434 e. The number of nitrogens with zero attached hydrogens (tertiary/aromatic N) is 3. The van der Waals surface area contributed by atoms with Gasteiger partial charge in [-0.3, -0.25) is 0 Å². The van der Waals surface area contributed by atoms with E-state index in [4.69, 9.17) is 11.6 Å². The van der Waals surface area contributed by atoms with E-state index in [9.17, 15) is 8.78 Å². The second-order valence-corrected chi connectivity index (χ2v) is 4.97. The normalized spacial score (nSPS) is 10.4. The Hall–Kier alpha value is -1.56. The Bertz CT molecular complexity index is 469. The Balaban J connectivity index is 3.00. The van der Waals surface area contributed by atoms with Crippen LogP contribution < -0.4 is 4.74 Å². The SMILES string of the molecule is CN(C)C(=NCc1cc(Cl)ccc1OC(F)F)N(C)C. The topological polar surface area (TPSA) is 28.1 Å². The number of benzene rings is 1. The Morgan fingerprint density at radius 2 is 1.85 bits per heavy atom. The van der Waals surface area contributed by atoms with Gasteiger partial charge in [0.15, 0.2) is 5.96 Å². The van der Waals surface area contributed by atoms with E-state index in [1.165, 1.54) is 12.1 Å². The number of aliphatic imine (C=N–C) groups is 1. The zero-order chi connectivity index (χ0) is 15.3. The van der Waals surface area contributed by atoms with Crippen molar-refractivity contribution in [3.8, 4) is 5.75 Å². The molecule has 0 aliphatic carbocycles. The summed E-state index contributed by atoms with van der Waals surface area (Å²) < 4.78 is 29.2. The Kier molecular flexibility index (Phi) is 6.01.